The first-order valence-electron chi connectivity index (χ1n) is 34.2. The lowest BCUT2D eigenvalue weighted by Crippen LogP contribution is -2.37. The van der Waals surface area contributed by atoms with Crippen LogP contribution in [0.3, 0.4) is 0 Å². The number of hydrogen-bond acceptors (Lipinski definition) is 7. The van der Waals surface area contributed by atoms with E-state index in [1.807, 2.05) is 21.1 Å². The monoisotopic (exact) mass is 1210 g/mol. The van der Waals surface area contributed by atoms with Crippen molar-refractivity contribution in [3.8, 4) is 0 Å². The lowest BCUT2D eigenvalue weighted by Gasteiger charge is -2.24. The predicted octanol–water partition coefficient (Wildman–Crippen LogP) is 22.4. The molecule has 0 rings (SSSR count). The summed E-state index contributed by atoms with van der Waals surface area (Å²) in [4.78, 5) is 35.9. The number of rotatable bonds is 61. The summed E-state index contributed by atoms with van der Waals surface area (Å²) in [5.41, 5.74) is 0. The SMILES string of the molecule is CC/C=C\C/C=C\C/C=C\C/C=C\C/C=C\C/C=C\C/C=C\C/C=C\CCCCCCCCC(=O)OC(COC(=O)CCCCCCCCCCCCCCCCC/C=C\C/C=C\C/C=C\C/C=C\C/C=C\CC)COP(=O)(O)OCC[N+](C)(C)C. The van der Waals surface area contributed by atoms with Crippen LogP contribution in [0, 0.1) is 0 Å². The summed E-state index contributed by atoms with van der Waals surface area (Å²) in [5.74, 6) is -0.821. The minimum absolute atomic E-state index is 0.0207. The number of carbonyl (C=O) groups is 2. The lowest BCUT2D eigenvalue weighted by molar-refractivity contribution is -0.870. The fraction of sp³-hybridized carbons (Fsp3) is 0.632. The molecular weight excluding hydrogens is 1090 g/mol. The summed E-state index contributed by atoms with van der Waals surface area (Å²) in [6.45, 7) is 4.18. The molecule has 0 heterocycles. The zero-order chi connectivity index (χ0) is 62.6. The van der Waals surface area contributed by atoms with Gasteiger partial charge >= 0.3 is 19.8 Å². The molecule has 0 amide bonds. The summed E-state index contributed by atoms with van der Waals surface area (Å²) in [5, 5.41) is 0. The standard InChI is InChI=1S/C76H126NO8P/c1-6-8-10-12-14-16-18-20-22-24-26-28-30-32-34-36-38-40-42-44-46-48-50-52-54-56-58-60-62-64-66-68-75(78)82-72-74(73-84-86(80,81)83-71-70-77(3,4)5)85-76(79)69-67-65-63-61-59-57-55-53-51-49-47-45-43-41-39-37-35-33-31-29-27-25-23-21-19-17-15-13-11-9-7-2/h8-11,14-17,20-23,26-29,32-35,39,41,45,47,51,53,74H,6-7,12-13,18-19,24-25,30-31,36-38,40,42-44,46,48-50,52,54-73H2,1-5H3/p+1/b10-8-,11-9-,16-14-,17-15-,22-20-,23-21-,28-26-,29-27-,34-32-,35-33-,41-39-,47-45-,53-51-. The van der Waals surface area contributed by atoms with Gasteiger partial charge in [-0.15, -0.1) is 0 Å². The molecule has 2 unspecified atom stereocenters. The van der Waals surface area contributed by atoms with Gasteiger partial charge in [-0.2, -0.15) is 0 Å². The highest BCUT2D eigenvalue weighted by atomic mass is 31.2. The number of hydrogen-bond donors (Lipinski definition) is 1. The van der Waals surface area contributed by atoms with Crippen molar-refractivity contribution in [3.05, 3.63) is 158 Å². The minimum atomic E-state index is -4.41. The Bertz CT molecular complexity index is 2010. The zero-order valence-electron chi connectivity index (χ0n) is 55.5. The Hall–Kier alpha value is -4.37. The third-order valence-electron chi connectivity index (χ3n) is 14.1. The van der Waals surface area contributed by atoms with Gasteiger partial charge < -0.3 is 18.9 Å². The summed E-state index contributed by atoms with van der Waals surface area (Å²) >= 11 is 0. The van der Waals surface area contributed by atoms with Gasteiger partial charge in [0, 0.05) is 12.8 Å². The van der Waals surface area contributed by atoms with Crippen LogP contribution in [0.25, 0.3) is 0 Å². The highest BCUT2D eigenvalue weighted by Gasteiger charge is 2.27. The summed E-state index contributed by atoms with van der Waals surface area (Å²) in [6.07, 6.45) is 97.6. The third kappa shape index (κ3) is 68.7. The van der Waals surface area contributed by atoms with E-state index in [9.17, 15) is 19.0 Å². The molecule has 0 radical (unpaired) electrons. The highest BCUT2D eigenvalue weighted by molar-refractivity contribution is 7.47. The van der Waals surface area contributed by atoms with Crippen LogP contribution in [0.1, 0.15) is 258 Å². The number of ether oxygens (including phenoxy) is 2. The van der Waals surface area contributed by atoms with Gasteiger partial charge in [0.25, 0.3) is 0 Å². The van der Waals surface area contributed by atoms with Crippen LogP contribution in [0.5, 0.6) is 0 Å². The fourth-order valence-corrected chi connectivity index (χ4v) is 9.62. The Morgan fingerprint density at radius 3 is 0.930 bits per heavy atom. The average molecular weight is 1210 g/mol. The van der Waals surface area contributed by atoms with Gasteiger partial charge in [0.1, 0.15) is 19.8 Å². The molecule has 86 heavy (non-hydrogen) atoms. The second-order valence-electron chi connectivity index (χ2n) is 23.4. The minimum Gasteiger partial charge on any atom is -0.462 e. The Balaban J connectivity index is 4.15. The van der Waals surface area contributed by atoms with Crippen LogP contribution in [0.15, 0.2) is 158 Å². The maximum Gasteiger partial charge on any atom is 0.472 e. The van der Waals surface area contributed by atoms with E-state index in [0.717, 1.165) is 141 Å². The van der Waals surface area contributed by atoms with E-state index in [1.165, 1.54) is 83.5 Å². The second-order valence-corrected chi connectivity index (χ2v) is 24.9. The number of allylic oxidation sites excluding steroid dienone is 26. The van der Waals surface area contributed by atoms with Crippen molar-refractivity contribution < 1.29 is 42.1 Å². The van der Waals surface area contributed by atoms with Crippen LogP contribution in [-0.4, -0.2) is 74.9 Å². The van der Waals surface area contributed by atoms with E-state index in [-0.39, 0.29) is 32.0 Å². The van der Waals surface area contributed by atoms with Crippen molar-refractivity contribution in [2.45, 2.75) is 264 Å². The molecule has 0 aromatic rings. The zero-order valence-corrected chi connectivity index (χ0v) is 56.4. The normalized spacial score (nSPS) is 14.2. The van der Waals surface area contributed by atoms with Crippen LogP contribution in [0.4, 0.5) is 0 Å². The van der Waals surface area contributed by atoms with Crippen molar-refractivity contribution in [1.29, 1.82) is 0 Å². The smallest absolute Gasteiger partial charge is 0.462 e. The molecule has 0 aromatic carbocycles. The Kier molecular flexibility index (Phi) is 61.8. The van der Waals surface area contributed by atoms with E-state index < -0.39 is 26.5 Å². The van der Waals surface area contributed by atoms with Crippen molar-refractivity contribution in [2.24, 2.45) is 0 Å². The van der Waals surface area contributed by atoms with Crippen molar-refractivity contribution in [3.63, 3.8) is 0 Å². The van der Waals surface area contributed by atoms with Crippen LogP contribution >= 0.6 is 7.82 Å². The molecule has 0 fully saturated rings. The van der Waals surface area contributed by atoms with E-state index >= 15 is 0 Å². The van der Waals surface area contributed by atoms with E-state index in [2.05, 4.69) is 172 Å². The quantitative estimate of drug-likeness (QED) is 0.0211. The Morgan fingerprint density at radius 1 is 0.360 bits per heavy atom. The molecule has 2 atom stereocenters. The summed E-state index contributed by atoms with van der Waals surface area (Å²) in [7, 11) is 1.45. The third-order valence-corrected chi connectivity index (χ3v) is 15.0. The number of phosphoric ester groups is 1. The molecule has 1 N–H and O–H groups in total. The Labute approximate surface area is 528 Å². The first-order chi connectivity index (χ1) is 42.0. The average Bonchev–Trinajstić information content (AvgIpc) is 3.56. The summed E-state index contributed by atoms with van der Waals surface area (Å²) < 4.78 is 34.7. The number of carbonyl (C=O) groups excluding carboxylic acids is 2. The molecule has 0 bridgehead atoms. The van der Waals surface area contributed by atoms with Gasteiger partial charge in [0.2, 0.25) is 0 Å². The van der Waals surface area contributed by atoms with Gasteiger partial charge in [0.05, 0.1) is 27.7 Å². The molecule has 10 heteroatoms. The number of phosphoric acid groups is 1. The topological polar surface area (TPSA) is 108 Å². The molecule has 0 spiro atoms. The van der Waals surface area contributed by atoms with Crippen molar-refractivity contribution in [2.75, 3.05) is 47.5 Å². The van der Waals surface area contributed by atoms with Gasteiger partial charge in [0.15, 0.2) is 6.10 Å². The Morgan fingerprint density at radius 2 is 0.628 bits per heavy atom. The molecule has 0 aromatic heterocycles. The summed E-state index contributed by atoms with van der Waals surface area (Å²) in [6, 6.07) is 0. The molecule has 0 aliphatic heterocycles. The molecule has 9 nitrogen and oxygen atoms in total. The van der Waals surface area contributed by atoms with Gasteiger partial charge in [-0.25, -0.2) is 4.57 Å². The van der Waals surface area contributed by atoms with E-state index in [1.54, 1.807) is 0 Å². The number of nitrogens with zero attached hydrogens (tertiary/aromatic N) is 1. The first kappa shape index (κ1) is 81.6. The lowest BCUT2D eigenvalue weighted by atomic mass is 10.0. The largest absolute Gasteiger partial charge is 0.472 e. The van der Waals surface area contributed by atoms with E-state index in [0.29, 0.717) is 17.4 Å². The van der Waals surface area contributed by atoms with Crippen molar-refractivity contribution >= 4 is 19.8 Å². The van der Waals surface area contributed by atoms with Gasteiger partial charge in [-0.1, -0.05) is 281 Å². The van der Waals surface area contributed by atoms with Crippen LogP contribution < -0.4 is 0 Å². The molecule has 0 aliphatic carbocycles. The highest BCUT2D eigenvalue weighted by Crippen LogP contribution is 2.43. The maximum absolute atomic E-state index is 12.9. The fourth-order valence-electron chi connectivity index (χ4n) is 8.88. The maximum atomic E-state index is 12.9. The number of quaternary nitrogens is 1. The van der Waals surface area contributed by atoms with E-state index in [4.69, 9.17) is 18.5 Å². The molecular formula is C76H127NO8P+. The van der Waals surface area contributed by atoms with Crippen LogP contribution in [-0.2, 0) is 32.7 Å². The first-order valence-corrected chi connectivity index (χ1v) is 35.7. The molecule has 488 valence electrons. The predicted molar refractivity (Wildman–Crippen MR) is 371 cm³/mol. The number of esters is 2. The molecule has 0 saturated carbocycles. The molecule has 0 saturated heterocycles. The second kappa shape index (κ2) is 65.1. The van der Waals surface area contributed by atoms with Crippen LogP contribution in [0.2, 0.25) is 0 Å². The number of likely N-dealkylation sites (N-methyl/N-ethyl adjacent to an activating group) is 1. The van der Waals surface area contributed by atoms with Gasteiger partial charge in [-0.05, 0) is 122 Å². The molecule has 0 aliphatic rings. The number of unbranched alkanes of at least 4 members (excludes halogenated alkanes) is 21. The van der Waals surface area contributed by atoms with Gasteiger partial charge in [-0.3, -0.25) is 18.6 Å². The van der Waals surface area contributed by atoms with Crippen molar-refractivity contribution in [1.82, 2.24) is 0 Å².